The second-order valence-electron chi connectivity index (χ2n) is 5.39. The molecule has 122 valence electrons. The lowest BCUT2D eigenvalue weighted by Crippen LogP contribution is -2.33. The van der Waals surface area contributed by atoms with Gasteiger partial charge in [0.15, 0.2) is 5.69 Å². The van der Waals surface area contributed by atoms with Gasteiger partial charge < -0.3 is 10.4 Å². The SMILES string of the molecule is Cc1cn(-c2ccc(F)cc2)nc1C(=O)NC(C)CCC(=O)O. The Kier molecular flexibility index (Phi) is 5.10. The molecule has 0 aliphatic carbocycles. The number of aromatic nitrogens is 2. The van der Waals surface area contributed by atoms with E-state index in [0.29, 0.717) is 17.7 Å². The van der Waals surface area contributed by atoms with Crippen LogP contribution in [0.15, 0.2) is 30.5 Å². The zero-order valence-corrected chi connectivity index (χ0v) is 12.9. The number of carbonyl (C=O) groups excluding carboxylic acids is 1. The van der Waals surface area contributed by atoms with Gasteiger partial charge in [0.2, 0.25) is 0 Å². The Labute approximate surface area is 132 Å². The van der Waals surface area contributed by atoms with Crippen LogP contribution in [0.25, 0.3) is 5.69 Å². The smallest absolute Gasteiger partial charge is 0.303 e. The van der Waals surface area contributed by atoms with E-state index in [1.165, 1.54) is 16.8 Å². The van der Waals surface area contributed by atoms with Gasteiger partial charge in [0, 0.05) is 24.2 Å². The van der Waals surface area contributed by atoms with Crippen LogP contribution in [0.4, 0.5) is 4.39 Å². The largest absolute Gasteiger partial charge is 0.481 e. The fraction of sp³-hybridized carbons (Fsp3) is 0.312. The number of nitrogens with zero attached hydrogens (tertiary/aromatic N) is 2. The van der Waals surface area contributed by atoms with Crippen LogP contribution in [-0.2, 0) is 4.79 Å². The quantitative estimate of drug-likeness (QED) is 0.855. The van der Waals surface area contributed by atoms with Crippen LogP contribution < -0.4 is 5.32 Å². The summed E-state index contributed by atoms with van der Waals surface area (Å²) in [6.45, 7) is 3.50. The summed E-state index contributed by atoms with van der Waals surface area (Å²) in [5, 5.41) is 15.6. The van der Waals surface area contributed by atoms with Crippen molar-refractivity contribution in [3.63, 3.8) is 0 Å². The molecule has 1 unspecified atom stereocenters. The second-order valence-corrected chi connectivity index (χ2v) is 5.39. The Morgan fingerprint density at radius 2 is 2.00 bits per heavy atom. The van der Waals surface area contributed by atoms with Crippen molar-refractivity contribution in [3.8, 4) is 5.69 Å². The molecule has 1 atom stereocenters. The normalized spacial score (nSPS) is 12.0. The Balaban J connectivity index is 2.09. The second kappa shape index (κ2) is 7.04. The standard InChI is InChI=1S/C16H18FN3O3/c1-10-9-20(13-6-4-12(17)5-7-13)19-15(10)16(23)18-11(2)3-8-14(21)22/h4-7,9,11H,3,8H2,1-2H3,(H,18,23)(H,21,22). The first-order valence-electron chi connectivity index (χ1n) is 7.21. The molecule has 0 fully saturated rings. The van der Waals surface area contributed by atoms with E-state index in [1.807, 2.05) is 0 Å². The average Bonchev–Trinajstić information content (AvgIpc) is 2.88. The van der Waals surface area contributed by atoms with Gasteiger partial charge in [0.25, 0.3) is 5.91 Å². The summed E-state index contributed by atoms with van der Waals surface area (Å²) < 4.78 is 14.5. The Morgan fingerprint density at radius 3 is 2.61 bits per heavy atom. The summed E-state index contributed by atoms with van der Waals surface area (Å²) in [4.78, 5) is 22.8. The molecule has 0 radical (unpaired) electrons. The molecule has 1 aromatic heterocycles. The van der Waals surface area contributed by atoms with Crippen LogP contribution in [0, 0.1) is 12.7 Å². The van der Waals surface area contributed by atoms with E-state index in [0.717, 1.165) is 0 Å². The maximum atomic E-state index is 13.0. The van der Waals surface area contributed by atoms with Crippen molar-refractivity contribution in [1.82, 2.24) is 15.1 Å². The molecule has 2 aromatic rings. The summed E-state index contributed by atoms with van der Waals surface area (Å²) in [7, 11) is 0. The van der Waals surface area contributed by atoms with Crippen LogP contribution in [0.1, 0.15) is 35.8 Å². The molecule has 2 N–H and O–H groups in total. The number of benzene rings is 1. The van der Waals surface area contributed by atoms with E-state index in [9.17, 15) is 14.0 Å². The van der Waals surface area contributed by atoms with Crippen LogP contribution >= 0.6 is 0 Å². The van der Waals surface area contributed by atoms with Gasteiger partial charge in [-0.05, 0) is 44.5 Å². The molecular formula is C16H18FN3O3. The number of carboxylic acid groups (broad SMARTS) is 1. The van der Waals surface area contributed by atoms with Gasteiger partial charge in [-0.3, -0.25) is 9.59 Å². The number of hydrogen-bond donors (Lipinski definition) is 2. The Hall–Kier alpha value is -2.70. The third-order valence-corrected chi connectivity index (χ3v) is 3.37. The van der Waals surface area contributed by atoms with Crippen LogP contribution in [-0.4, -0.2) is 32.8 Å². The minimum atomic E-state index is -0.900. The molecule has 0 aliphatic rings. The molecule has 1 heterocycles. The Bertz CT molecular complexity index is 710. The lowest BCUT2D eigenvalue weighted by atomic mass is 10.1. The maximum Gasteiger partial charge on any atom is 0.303 e. The number of aryl methyl sites for hydroxylation is 1. The molecule has 0 aliphatic heterocycles. The molecule has 23 heavy (non-hydrogen) atoms. The van der Waals surface area contributed by atoms with Gasteiger partial charge in [-0.2, -0.15) is 5.10 Å². The number of hydrogen-bond acceptors (Lipinski definition) is 3. The lowest BCUT2D eigenvalue weighted by molar-refractivity contribution is -0.137. The average molecular weight is 319 g/mol. The maximum absolute atomic E-state index is 13.0. The molecule has 1 amide bonds. The molecule has 7 heteroatoms. The van der Waals surface area contributed by atoms with Crippen molar-refractivity contribution in [2.75, 3.05) is 0 Å². The molecule has 0 spiro atoms. The molecule has 0 bridgehead atoms. The molecule has 0 saturated carbocycles. The van der Waals surface area contributed by atoms with Gasteiger partial charge in [0.1, 0.15) is 5.82 Å². The first-order valence-corrected chi connectivity index (χ1v) is 7.21. The highest BCUT2D eigenvalue weighted by Gasteiger charge is 2.17. The summed E-state index contributed by atoms with van der Waals surface area (Å²) >= 11 is 0. The highest BCUT2D eigenvalue weighted by molar-refractivity contribution is 5.93. The Morgan fingerprint density at radius 1 is 1.35 bits per heavy atom. The fourth-order valence-corrected chi connectivity index (χ4v) is 2.11. The summed E-state index contributed by atoms with van der Waals surface area (Å²) in [6.07, 6.45) is 2.02. The molecule has 2 rings (SSSR count). The zero-order chi connectivity index (χ0) is 17.0. The lowest BCUT2D eigenvalue weighted by Gasteiger charge is -2.11. The van der Waals surface area contributed by atoms with E-state index in [2.05, 4.69) is 10.4 Å². The topological polar surface area (TPSA) is 84.2 Å². The van der Waals surface area contributed by atoms with E-state index >= 15 is 0 Å². The fourth-order valence-electron chi connectivity index (χ4n) is 2.11. The first-order chi connectivity index (χ1) is 10.9. The van der Waals surface area contributed by atoms with E-state index in [1.54, 1.807) is 32.2 Å². The third kappa shape index (κ3) is 4.38. The predicted octanol–water partition coefficient (Wildman–Crippen LogP) is 2.30. The van der Waals surface area contributed by atoms with Crippen molar-refractivity contribution in [2.24, 2.45) is 0 Å². The van der Waals surface area contributed by atoms with Gasteiger partial charge in [0.05, 0.1) is 5.69 Å². The molecule has 6 nitrogen and oxygen atoms in total. The number of nitrogens with one attached hydrogen (secondary N) is 1. The van der Waals surface area contributed by atoms with Crippen molar-refractivity contribution in [3.05, 3.63) is 47.5 Å². The summed E-state index contributed by atoms with van der Waals surface area (Å²) in [5.41, 5.74) is 1.58. The van der Waals surface area contributed by atoms with Gasteiger partial charge in [-0.1, -0.05) is 0 Å². The van der Waals surface area contributed by atoms with E-state index in [4.69, 9.17) is 5.11 Å². The van der Waals surface area contributed by atoms with Crippen molar-refractivity contribution >= 4 is 11.9 Å². The number of carboxylic acids is 1. The highest BCUT2D eigenvalue weighted by atomic mass is 19.1. The third-order valence-electron chi connectivity index (χ3n) is 3.37. The number of halogens is 1. The minimum Gasteiger partial charge on any atom is -0.481 e. The number of rotatable bonds is 6. The van der Waals surface area contributed by atoms with E-state index in [-0.39, 0.29) is 29.9 Å². The van der Waals surface area contributed by atoms with E-state index < -0.39 is 5.97 Å². The van der Waals surface area contributed by atoms with Gasteiger partial charge in [-0.15, -0.1) is 0 Å². The number of amides is 1. The summed E-state index contributed by atoms with van der Waals surface area (Å²) in [5.74, 6) is -1.60. The summed E-state index contributed by atoms with van der Waals surface area (Å²) in [6, 6.07) is 5.51. The minimum absolute atomic E-state index is 0.00948. The van der Waals surface area contributed by atoms with Crippen molar-refractivity contribution in [2.45, 2.75) is 32.7 Å². The molecular weight excluding hydrogens is 301 g/mol. The molecule has 0 saturated heterocycles. The van der Waals surface area contributed by atoms with Crippen molar-refractivity contribution in [1.29, 1.82) is 0 Å². The van der Waals surface area contributed by atoms with Crippen LogP contribution in [0.2, 0.25) is 0 Å². The monoisotopic (exact) mass is 319 g/mol. The van der Waals surface area contributed by atoms with Crippen LogP contribution in [0.5, 0.6) is 0 Å². The predicted molar refractivity (Wildman–Crippen MR) is 82.1 cm³/mol. The van der Waals surface area contributed by atoms with Gasteiger partial charge >= 0.3 is 5.97 Å². The number of aliphatic carboxylic acids is 1. The van der Waals surface area contributed by atoms with Gasteiger partial charge in [-0.25, -0.2) is 9.07 Å². The van der Waals surface area contributed by atoms with Crippen molar-refractivity contribution < 1.29 is 19.1 Å². The highest BCUT2D eigenvalue weighted by Crippen LogP contribution is 2.13. The number of carbonyl (C=O) groups is 2. The molecule has 1 aromatic carbocycles. The van der Waals surface area contributed by atoms with Crippen LogP contribution in [0.3, 0.4) is 0 Å². The first kappa shape index (κ1) is 16.7. The zero-order valence-electron chi connectivity index (χ0n) is 12.9.